The second-order valence-corrected chi connectivity index (χ2v) is 5.70. The van der Waals surface area contributed by atoms with Gasteiger partial charge in [-0.3, -0.25) is 0 Å². The lowest BCUT2D eigenvalue weighted by atomic mass is 10.0. The summed E-state index contributed by atoms with van der Waals surface area (Å²) in [6.45, 7) is 2.03. The van der Waals surface area contributed by atoms with Crippen molar-refractivity contribution in [3.05, 3.63) is 72.4 Å². The number of nitrogen functional groups attached to an aromatic ring is 1. The first-order valence-corrected chi connectivity index (χ1v) is 7.77. The number of fused-ring (bicyclic) bond motifs is 1. The summed E-state index contributed by atoms with van der Waals surface area (Å²) in [5.41, 5.74) is 11.3. The molecule has 2 N–H and O–H groups in total. The average Bonchev–Trinajstić information content (AvgIpc) is 2.62. The maximum absolute atomic E-state index is 6.11. The number of pyridine rings is 1. The molecule has 0 saturated heterocycles. The monoisotopic (exact) mass is 312 g/mol. The summed E-state index contributed by atoms with van der Waals surface area (Å²) in [6.07, 6.45) is 1.83. The standard InChI is InChI=1S/C20H16N4/c1-13-10-11-18(23-19(13)15-7-3-4-8-16(15)21)20-22-12-14-6-2-5-9-17(14)24-20/h2-12H,21H2,1H3. The second-order valence-electron chi connectivity index (χ2n) is 5.70. The highest BCUT2D eigenvalue weighted by Crippen LogP contribution is 2.28. The summed E-state index contributed by atoms with van der Waals surface area (Å²) < 4.78 is 0. The Morgan fingerprint density at radius 1 is 0.833 bits per heavy atom. The molecule has 0 saturated carbocycles. The first kappa shape index (κ1) is 14.3. The largest absolute Gasteiger partial charge is 0.398 e. The van der Waals surface area contributed by atoms with Gasteiger partial charge in [-0.25, -0.2) is 15.0 Å². The van der Waals surface area contributed by atoms with Gasteiger partial charge in [0.15, 0.2) is 5.82 Å². The maximum atomic E-state index is 6.11. The van der Waals surface area contributed by atoms with Crippen LogP contribution in [0.5, 0.6) is 0 Å². The molecule has 0 bridgehead atoms. The van der Waals surface area contributed by atoms with Crippen LogP contribution in [0.2, 0.25) is 0 Å². The first-order valence-electron chi connectivity index (χ1n) is 7.77. The summed E-state index contributed by atoms with van der Waals surface area (Å²) >= 11 is 0. The molecule has 2 aromatic heterocycles. The molecule has 24 heavy (non-hydrogen) atoms. The summed E-state index contributed by atoms with van der Waals surface area (Å²) in [5, 5.41) is 1.01. The molecule has 0 fully saturated rings. The van der Waals surface area contributed by atoms with E-state index in [1.54, 1.807) is 0 Å². The van der Waals surface area contributed by atoms with E-state index in [1.165, 1.54) is 0 Å². The number of hydrogen-bond donors (Lipinski definition) is 1. The van der Waals surface area contributed by atoms with Crippen LogP contribution in [0.3, 0.4) is 0 Å². The minimum absolute atomic E-state index is 0.615. The van der Waals surface area contributed by atoms with E-state index in [9.17, 15) is 0 Å². The number of hydrogen-bond acceptors (Lipinski definition) is 4. The number of aromatic nitrogens is 3. The van der Waals surface area contributed by atoms with E-state index in [4.69, 9.17) is 10.7 Å². The van der Waals surface area contributed by atoms with Crippen LogP contribution in [-0.4, -0.2) is 15.0 Å². The molecule has 2 aromatic carbocycles. The Balaban J connectivity index is 1.87. The van der Waals surface area contributed by atoms with Gasteiger partial charge in [-0.2, -0.15) is 0 Å². The Hall–Kier alpha value is -3.27. The van der Waals surface area contributed by atoms with E-state index >= 15 is 0 Å². The van der Waals surface area contributed by atoms with Crippen LogP contribution in [0, 0.1) is 6.92 Å². The van der Waals surface area contributed by atoms with Crippen molar-refractivity contribution in [2.75, 3.05) is 5.73 Å². The predicted octanol–water partition coefficient (Wildman–Crippen LogP) is 4.25. The minimum atomic E-state index is 0.615. The van der Waals surface area contributed by atoms with E-state index in [2.05, 4.69) is 9.97 Å². The van der Waals surface area contributed by atoms with Crippen molar-refractivity contribution in [3.63, 3.8) is 0 Å². The van der Waals surface area contributed by atoms with Crippen LogP contribution >= 0.6 is 0 Å². The lowest BCUT2D eigenvalue weighted by Crippen LogP contribution is -1.98. The molecule has 0 spiro atoms. The molecule has 4 nitrogen and oxygen atoms in total. The van der Waals surface area contributed by atoms with Gasteiger partial charge in [-0.05, 0) is 30.7 Å². The highest BCUT2D eigenvalue weighted by atomic mass is 14.9. The first-order chi connectivity index (χ1) is 11.7. The van der Waals surface area contributed by atoms with E-state index in [-0.39, 0.29) is 0 Å². The molecular weight excluding hydrogens is 296 g/mol. The molecule has 0 aliphatic carbocycles. The third kappa shape index (κ3) is 2.48. The predicted molar refractivity (Wildman–Crippen MR) is 97.4 cm³/mol. The van der Waals surface area contributed by atoms with Crippen molar-refractivity contribution in [1.82, 2.24) is 15.0 Å². The van der Waals surface area contributed by atoms with Crippen molar-refractivity contribution >= 4 is 16.6 Å². The van der Waals surface area contributed by atoms with Crippen molar-refractivity contribution in [2.24, 2.45) is 0 Å². The highest BCUT2D eigenvalue weighted by Gasteiger charge is 2.11. The minimum Gasteiger partial charge on any atom is -0.398 e. The molecule has 2 heterocycles. The van der Waals surface area contributed by atoms with Gasteiger partial charge in [-0.1, -0.05) is 42.5 Å². The summed E-state index contributed by atoms with van der Waals surface area (Å²) in [7, 11) is 0. The van der Waals surface area contributed by atoms with Gasteiger partial charge in [0.05, 0.1) is 11.2 Å². The SMILES string of the molecule is Cc1ccc(-c2ncc3ccccc3n2)nc1-c1ccccc1N. The van der Waals surface area contributed by atoms with Gasteiger partial charge in [0, 0.05) is 22.8 Å². The molecule has 0 aliphatic rings. The number of nitrogens with two attached hydrogens (primary N) is 1. The smallest absolute Gasteiger partial charge is 0.178 e. The lowest BCUT2D eigenvalue weighted by molar-refractivity contribution is 1.17. The van der Waals surface area contributed by atoms with E-state index in [0.29, 0.717) is 11.5 Å². The Labute approximate surface area is 140 Å². The van der Waals surface area contributed by atoms with Gasteiger partial charge in [0.1, 0.15) is 5.69 Å². The fourth-order valence-corrected chi connectivity index (χ4v) is 2.73. The average molecular weight is 312 g/mol. The molecule has 0 unspecified atom stereocenters. The Morgan fingerprint density at radius 3 is 2.50 bits per heavy atom. The van der Waals surface area contributed by atoms with Crippen molar-refractivity contribution in [1.29, 1.82) is 0 Å². The van der Waals surface area contributed by atoms with Crippen LogP contribution in [0.25, 0.3) is 33.7 Å². The van der Waals surface area contributed by atoms with E-state index < -0.39 is 0 Å². The second kappa shape index (κ2) is 5.74. The molecule has 4 heteroatoms. The highest BCUT2D eigenvalue weighted by molar-refractivity contribution is 5.80. The van der Waals surface area contributed by atoms with Gasteiger partial charge in [-0.15, -0.1) is 0 Å². The van der Waals surface area contributed by atoms with Gasteiger partial charge < -0.3 is 5.73 Å². The summed E-state index contributed by atoms with van der Waals surface area (Å²) in [4.78, 5) is 13.9. The Kier molecular flexibility index (Phi) is 3.43. The Bertz CT molecular complexity index is 1040. The number of aryl methyl sites for hydroxylation is 1. The molecule has 116 valence electrons. The van der Waals surface area contributed by atoms with Crippen LogP contribution in [0.15, 0.2) is 66.9 Å². The van der Waals surface area contributed by atoms with E-state index in [1.807, 2.05) is 73.8 Å². The number of anilines is 1. The molecule has 0 aliphatic heterocycles. The van der Waals surface area contributed by atoms with Crippen molar-refractivity contribution < 1.29 is 0 Å². The molecule has 0 amide bonds. The number of rotatable bonds is 2. The van der Waals surface area contributed by atoms with Crippen LogP contribution in [0.4, 0.5) is 5.69 Å². The van der Waals surface area contributed by atoms with Crippen LogP contribution in [0.1, 0.15) is 5.56 Å². The zero-order chi connectivity index (χ0) is 16.5. The normalized spacial score (nSPS) is 10.9. The zero-order valence-corrected chi connectivity index (χ0v) is 13.3. The molecule has 0 atom stereocenters. The van der Waals surface area contributed by atoms with Gasteiger partial charge >= 0.3 is 0 Å². The topological polar surface area (TPSA) is 64.7 Å². The third-order valence-corrected chi connectivity index (χ3v) is 4.03. The Morgan fingerprint density at radius 2 is 1.62 bits per heavy atom. The molecule has 0 radical (unpaired) electrons. The molecular formula is C20H16N4. The van der Waals surface area contributed by atoms with Gasteiger partial charge in [0.2, 0.25) is 0 Å². The van der Waals surface area contributed by atoms with Crippen LogP contribution in [-0.2, 0) is 0 Å². The van der Waals surface area contributed by atoms with Crippen molar-refractivity contribution in [3.8, 4) is 22.8 Å². The fraction of sp³-hybridized carbons (Fsp3) is 0.0500. The molecule has 4 aromatic rings. The zero-order valence-electron chi connectivity index (χ0n) is 13.3. The van der Waals surface area contributed by atoms with Crippen molar-refractivity contribution in [2.45, 2.75) is 6.92 Å². The van der Waals surface area contributed by atoms with Gasteiger partial charge in [0.25, 0.3) is 0 Å². The molecule has 4 rings (SSSR count). The number of benzene rings is 2. The number of para-hydroxylation sites is 2. The summed E-state index contributed by atoms with van der Waals surface area (Å²) in [5.74, 6) is 0.615. The van der Waals surface area contributed by atoms with Crippen LogP contribution < -0.4 is 5.73 Å². The lowest BCUT2D eigenvalue weighted by Gasteiger charge is -2.10. The number of nitrogens with zero attached hydrogens (tertiary/aromatic N) is 3. The summed E-state index contributed by atoms with van der Waals surface area (Å²) in [6, 6.07) is 19.7. The quantitative estimate of drug-likeness (QED) is 0.562. The fourth-order valence-electron chi connectivity index (χ4n) is 2.73. The third-order valence-electron chi connectivity index (χ3n) is 4.03. The maximum Gasteiger partial charge on any atom is 0.178 e. The van der Waals surface area contributed by atoms with E-state index in [0.717, 1.165) is 33.4 Å².